The summed E-state index contributed by atoms with van der Waals surface area (Å²) in [5, 5.41) is 10.7. The van der Waals surface area contributed by atoms with Gasteiger partial charge in [0.15, 0.2) is 0 Å². The molecule has 4 nitrogen and oxygen atoms in total. The van der Waals surface area contributed by atoms with Gasteiger partial charge < -0.3 is 4.90 Å². The van der Waals surface area contributed by atoms with Gasteiger partial charge in [-0.05, 0) is 48.6 Å². The molecular weight excluding hydrogens is 268 g/mol. The third kappa shape index (κ3) is 3.57. The summed E-state index contributed by atoms with van der Waals surface area (Å²) in [4.78, 5) is 5.99. The molecule has 0 heterocycles. The molecule has 0 bridgehead atoms. The maximum Gasteiger partial charge on any atom is 0.112 e. The first kappa shape index (κ1) is 14.1. The van der Waals surface area contributed by atoms with Crippen LogP contribution in [0.5, 0.6) is 0 Å². The van der Waals surface area contributed by atoms with E-state index in [1.807, 2.05) is 67.5 Å². The fourth-order valence-electron chi connectivity index (χ4n) is 1.62. The molecule has 0 fully saturated rings. The highest BCUT2D eigenvalue weighted by atomic mass is 32.1. The highest BCUT2D eigenvalue weighted by molar-refractivity contribution is 7.78. The average molecular weight is 282 g/mol. The highest BCUT2D eigenvalue weighted by Crippen LogP contribution is 2.29. The van der Waals surface area contributed by atoms with Crippen LogP contribution in [0.1, 0.15) is 0 Å². The van der Waals surface area contributed by atoms with Gasteiger partial charge in [-0.25, -0.2) is 0 Å². The molecule has 0 aliphatic rings. The van der Waals surface area contributed by atoms with Gasteiger partial charge in [-0.3, -0.25) is 0 Å². The summed E-state index contributed by atoms with van der Waals surface area (Å²) in [7, 11) is 3.99. The monoisotopic (exact) mass is 282 g/mol. The van der Waals surface area contributed by atoms with E-state index < -0.39 is 0 Å². The van der Waals surface area contributed by atoms with Gasteiger partial charge in [-0.15, -0.1) is 5.11 Å². The molecular formula is C15H14N4S. The first-order valence-electron chi connectivity index (χ1n) is 6.07. The molecule has 2 aromatic rings. The molecule has 0 N–H and O–H groups in total. The molecule has 0 spiro atoms. The molecule has 2 rings (SSSR count). The van der Waals surface area contributed by atoms with Crippen molar-refractivity contribution in [3.05, 3.63) is 48.5 Å². The second-order valence-electron chi connectivity index (χ2n) is 4.30. The van der Waals surface area contributed by atoms with E-state index in [0.717, 1.165) is 11.4 Å². The van der Waals surface area contributed by atoms with E-state index in [1.165, 1.54) is 0 Å². The molecule has 5 heteroatoms. The van der Waals surface area contributed by atoms with Crippen molar-refractivity contribution < 1.29 is 0 Å². The zero-order valence-corrected chi connectivity index (χ0v) is 12.1. The maximum atomic E-state index is 4.62. The van der Waals surface area contributed by atoms with Gasteiger partial charge in [0.1, 0.15) is 11.4 Å². The number of hydrogen-bond acceptors (Lipinski definition) is 5. The first-order chi connectivity index (χ1) is 9.70. The van der Waals surface area contributed by atoms with Crippen LogP contribution in [-0.4, -0.2) is 19.3 Å². The molecule has 2 aromatic carbocycles. The van der Waals surface area contributed by atoms with Gasteiger partial charge in [0.05, 0.1) is 10.8 Å². The Balaban J connectivity index is 2.23. The zero-order valence-electron chi connectivity index (χ0n) is 11.3. The molecule has 0 saturated heterocycles. The maximum absolute atomic E-state index is 4.62. The van der Waals surface area contributed by atoms with Crippen molar-refractivity contribution >= 4 is 40.1 Å². The van der Waals surface area contributed by atoms with Crippen LogP contribution in [0.2, 0.25) is 0 Å². The van der Waals surface area contributed by atoms with Gasteiger partial charge in [0, 0.05) is 19.8 Å². The third-order valence-electron chi connectivity index (χ3n) is 2.69. The highest BCUT2D eigenvalue weighted by Gasteiger charge is 1.98. The third-order valence-corrected chi connectivity index (χ3v) is 2.78. The lowest BCUT2D eigenvalue weighted by Crippen LogP contribution is -2.07. The fourth-order valence-corrected chi connectivity index (χ4v) is 1.72. The smallest absolute Gasteiger partial charge is 0.112 e. The number of anilines is 1. The fraction of sp³-hybridized carbons (Fsp3) is 0.133. The van der Waals surface area contributed by atoms with Crippen molar-refractivity contribution in [1.29, 1.82) is 0 Å². The van der Waals surface area contributed by atoms with Crippen LogP contribution >= 0.6 is 12.2 Å². The summed E-state index contributed by atoms with van der Waals surface area (Å²) in [5.41, 5.74) is 3.24. The van der Waals surface area contributed by atoms with Crippen molar-refractivity contribution in [2.45, 2.75) is 0 Å². The molecule has 0 aliphatic carbocycles. The van der Waals surface area contributed by atoms with E-state index in [0.29, 0.717) is 11.4 Å². The Hall–Kier alpha value is -2.36. The largest absolute Gasteiger partial charge is 0.378 e. The summed E-state index contributed by atoms with van der Waals surface area (Å²) >= 11 is 4.62. The molecule has 0 saturated carbocycles. The topological polar surface area (TPSA) is 40.3 Å². The van der Waals surface area contributed by atoms with Crippen molar-refractivity contribution in [2.75, 3.05) is 19.0 Å². The lowest BCUT2D eigenvalue weighted by molar-refractivity contribution is 1.13. The first-order valence-corrected chi connectivity index (χ1v) is 6.47. The van der Waals surface area contributed by atoms with Gasteiger partial charge in [0.2, 0.25) is 0 Å². The van der Waals surface area contributed by atoms with E-state index in [-0.39, 0.29) is 0 Å². The number of isothiocyanates is 1. The van der Waals surface area contributed by atoms with E-state index in [1.54, 1.807) is 0 Å². The van der Waals surface area contributed by atoms with Crippen LogP contribution in [-0.2, 0) is 0 Å². The Morgan fingerprint density at radius 2 is 1.55 bits per heavy atom. The van der Waals surface area contributed by atoms with E-state index in [9.17, 15) is 0 Å². The van der Waals surface area contributed by atoms with Crippen molar-refractivity contribution in [3.8, 4) is 0 Å². The number of nitrogens with zero attached hydrogens (tertiary/aromatic N) is 4. The number of rotatable bonds is 4. The van der Waals surface area contributed by atoms with Gasteiger partial charge in [-0.2, -0.15) is 10.1 Å². The molecule has 20 heavy (non-hydrogen) atoms. The SMILES string of the molecule is CN(C)c1ccc(N=Nc2ccccc2N=C=S)cc1. The second-order valence-corrected chi connectivity index (χ2v) is 4.49. The number of azo groups is 1. The van der Waals surface area contributed by atoms with E-state index >= 15 is 0 Å². The number of thiocarbonyl (C=S) groups is 1. The minimum atomic E-state index is 0.663. The predicted molar refractivity (Wildman–Crippen MR) is 86.1 cm³/mol. The summed E-state index contributed by atoms with van der Waals surface area (Å²) < 4.78 is 0. The van der Waals surface area contributed by atoms with Gasteiger partial charge >= 0.3 is 0 Å². The number of para-hydroxylation sites is 1. The van der Waals surface area contributed by atoms with Crippen LogP contribution in [0.15, 0.2) is 63.8 Å². The molecule has 0 amide bonds. The Labute approximate surface area is 123 Å². The van der Waals surface area contributed by atoms with Crippen LogP contribution in [0.25, 0.3) is 0 Å². The molecule has 0 radical (unpaired) electrons. The number of hydrogen-bond donors (Lipinski definition) is 0. The zero-order chi connectivity index (χ0) is 14.4. The minimum Gasteiger partial charge on any atom is -0.378 e. The summed E-state index contributed by atoms with van der Waals surface area (Å²) in [5.74, 6) is 0. The number of aliphatic imine (C=N–C) groups is 1. The standard InChI is InChI=1S/C15H14N4S/c1-19(2)13-9-7-12(8-10-13)17-18-15-6-4-3-5-14(15)16-11-20/h3-10H,1-2H3. The number of benzene rings is 2. The lowest BCUT2D eigenvalue weighted by Gasteiger charge is -2.11. The Bertz CT molecular complexity index is 656. The van der Waals surface area contributed by atoms with Gasteiger partial charge in [0.25, 0.3) is 0 Å². The van der Waals surface area contributed by atoms with Crippen LogP contribution in [0, 0.1) is 0 Å². The van der Waals surface area contributed by atoms with Crippen LogP contribution in [0.3, 0.4) is 0 Å². The molecule has 0 atom stereocenters. The van der Waals surface area contributed by atoms with Crippen molar-refractivity contribution in [2.24, 2.45) is 15.2 Å². The quantitative estimate of drug-likeness (QED) is 0.454. The Morgan fingerprint density at radius 3 is 2.15 bits per heavy atom. The van der Waals surface area contributed by atoms with Crippen molar-refractivity contribution in [1.82, 2.24) is 0 Å². The summed E-state index contributed by atoms with van der Waals surface area (Å²) in [6.07, 6.45) is 0. The normalized spacial score (nSPS) is 10.3. The summed E-state index contributed by atoms with van der Waals surface area (Å²) in [6, 6.07) is 15.2. The Kier molecular flexibility index (Phi) is 4.71. The summed E-state index contributed by atoms with van der Waals surface area (Å²) in [6.45, 7) is 0. The second kappa shape index (κ2) is 6.70. The average Bonchev–Trinajstić information content (AvgIpc) is 2.47. The van der Waals surface area contributed by atoms with E-state index in [4.69, 9.17) is 0 Å². The molecule has 0 aromatic heterocycles. The van der Waals surface area contributed by atoms with Crippen LogP contribution < -0.4 is 4.90 Å². The minimum absolute atomic E-state index is 0.663. The van der Waals surface area contributed by atoms with Gasteiger partial charge in [-0.1, -0.05) is 12.1 Å². The predicted octanol–water partition coefficient (Wildman–Crippen LogP) is 4.90. The Morgan fingerprint density at radius 1 is 0.900 bits per heavy atom. The lowest BCUT2D eigenvalue weighted by atomic mass is 10.3. The molecule has 0 aliphatic heterocycles. The molecule has 100 valence electrons. The van der Waals surface area contributed by atoms with Crippen molar-refractivity contribution in [3.63, 3.8) is 0 Å². The van der Waals surface area contributed by atoms with Crippen LogP contribution in [0.4, 0.5) is 22.7 Å². The molecule has 0 unspecified atom stereocenters. The van der Waals surface area contributed by atoms with E-state index in [2.05, 4.69) is 32.6 Å².